The summed E-state index contributed by atoms with van der Waals surface area (Å²) in [6.45, 7) is 4.19. The Morgan fingerprint density at radius 1 is 1.15 bits per heavy atom. The van der Waals surface area contributed by atoms with E-state index < -0.39 is 0 Å². The number of carbonyl (C=O) groups excluding carboxylic acids is 1. The maximum absolute atomic E-state index is 13.0. The van der Waals surface area contributed by atoms with Gasteiger partial charge < -0.3 is 14.5 Å². The summed E-state index contributed by atoms with van der Waals surface area (Å²) >= 11 is 0. The van der Waals surface area contributed by atoms with Gasteiger partial charge in [-0.2, -0.15) is 0 Å². The number of halogens is 1. The van der Waals surface area contributed by atoms with Gasteiger partial charge in [0, 0.05) is 37.8 Å². The predicted octanol–water partition coefficient (Wildman–Crippen LogP) is 1.76. The van der Waals surface area contributed by atoms with E-state index in [0.717, 1.165) is 37.7 Å². The number of rotatable bonds is 1. The molecule has 0 saturated carbocycles. The van der Waals surface area contributed by atoms with Crippen molar-refractivity contribution in [2.75, 3.05) is 49.1 Å². The van der Waals surface area contributed by atoms with E-state index >= 15 is 0 Å². The van der Waals surface area contributed by atoms with Gasteiger partial charge in [0.1, 0.15) is 18.2 Å². The van der Waals surface area contributed by atoms with Crippen molar-refractivity contribution in [1.82, 2.24) is 14.9 Å². The second-order valence-electron chi connectivity index (χ2n) is 7.17. The van der Waals surface area contributed by atoms with E-state index in [1.807, 2.05) is 11.0 Å². The first-order valence-electron chi connectivity index (χ1n) is 8.63. The summed E-state index contributed by atoms with van der Waals surface area (Å²) in [7, 11) is 0. The van der Waals surface area contributed by atoms with E-state index in [-0.39, 0.29) is 17.3 Å². The fourth-order valence-corrected chi connectivity index (χ4v) is 4.02. The van der Waals surface area contributed by atoms with E-state index in [9.17, 15) is 9.18 Å². The maximum Gasteiger partial charge on any atom is 0.324 e. The topological polar surface area (TPSA) is 61.8 Å². The van der Waals surface area contributed by atoms with Crippen LogP contribution < -0.4 is 14.5 Å². The average molecular weight is 355 g/mol. The van der Waals surface area contributed by atoms with Gasteiger partial charge in [0.2, 0.25) is 0 Å². The molecule has 2 aromatic rings. The molecule has 0 aromatic carbocycles. The van der Waals surface area contributed by atoms with E-state index in [4.69, 9.17) is 4.74 Å². The first-order chi connectivity index (χ1) is 12.6. The second-order valence-corrected chi connectivity index (χ2v) is 7.17. The van der Waals surface area contributed by atoms with Crippen molar-refractivity contribution in [1.29, 1.82) is 0 Å². The number of hydrogen-bond acceptors (Lipinski definition) is 5. The summed E-state index contributed by atoms with van der Waals surface area (Å²) in [5.41, 5.74) is 0.918. The lowest BCUT2D eigenvalue weighted by Crippen LogP contribution is -2.74. The molecule has 3 aliphatic rings. The number of ether oxygens (including phenoxy) is 1. The fraction of sp³-hybridized carbons (Fsp3) is 0.389. The Labute approximate surface area is 150 Å². The zero-order valence-electron chi connectivity index (χ0n) is 14.1. The minimum atomic E-state index is -0.328. The van der Waals surface area contributed by atoms with Crippen molar-refractivity contribution in [2.45, 2.75) is 0 Å². The van der Waals surface area contributed by atoms with Crippen molar-refractivity contribution in [2.24, 2.45) is 5.41 Å². The van der Waals surface area contributed by atoms with E-state index in [2.05, 4.69) is 14.9 Å². The fourth-order valence-electron chi connectivity index (χ4n) is 4.02. The molecule has 0 bridgehead atoms. The highest BCUT2D eigenvalue weighted by atomic mass is 19.1. The van der Waals surface area contributed by atoms with Gasteiger partial charge in [-0.3, -0.25) is 9.88 Å². The predicted molar refractivity (Wildman–Crippen MR) is 92.9 cm³/mol. The lowest BCUT2D eigenvalue weighted by Gasteiger charge is -2.60. The van der Waals surface area contributed by atoms with E-state index in [1.54, 1.807) is 23.4 Å². The first kappa shape index (κ1) is 15.4. The Hall–Kier alpha value is -2.90. The van der Waals surface area contributed by atoms with Crippen LogP contribution in [0.2, 0.25) is 0 Å². The molecule has 5 heterocycles. The number of fused-ring (bicyclic) bond motifs is 1. The quantitative estimate of drug-likeness (QED) is 0.780. The number of carbonyl (C=O) groups is 1. The molecular formula is C18H18FN5O2. The summed E-state index contributed by atoms with van der Waals surface area (Å²) in [5, 5.41) is 0. The molecular weight excluding hydrogens is 337 g/mol. The SMILES string of the molecule is O=C(N1CC2(C1)CN(c1ccc(F)cn1)C2)N1CCOc2cnccc21. The molecule has 2 aromatic heterocycles. The Morgan fingerprint density at radius 3 is 2.77 bits per heavy atom. The van der Waals surface area contributed by atoms with Gasteiger partial charge >= 0.3 is 6.03 Å². The molecule has 7 nitrogen and oxygen atoms in total. The number of aromatic nitrogens is 2. The van der Waals surface area contributed by atoms with Gasteiger partial charge in [0.25, 0.3) is 0 Å². The number of urea groups is 1. The molecule has 8 heteroatoms. The molecule has 0 atom stereocenters. The third-order valence-corrected chi connectivity index (χ3v) is 5.27. The molecule has 26 heavy (non-hydrogen) atoms. The van der Waals surface area contributed by atoms with Crippen LogP contribution in [0.1, 0.15) is 0 Å². The highest BCUT2D eigenvalue weighted by Crippen LogP contribution is 2.42. The Balaban J connectivity index is 1.22. The number of amides is 2. The summed E-state index contributed by atoms with van der Waals surface area (Å²) in [4.78, 5) is 26.8. The molecule has 2 amide bonds. The molecule has 134 valence electrons. The molecule has 0 aliphatic carbocycles. The number of hydrogen-bond donors (Lipinski definition) is 0. The van der Waals surface area contributed by atoms with Crippen molar-refractivity contribution in [3.05, 3.63) is 42.6 Å². The first-order valence-corrected chi connectivity index (χ1v) is 8.63. The lowest BCUT2D eigenvalue weighted by molar-refractivity contribution is 0.00927. The monoisotopic (exact) mass is 355 g/mol. The van der Waals surface area contributed by atoms with Gasteiger partial charge in [-0.15, -0.1) is 0 Å². The minimum absolute atomic E-state index is 0.0183. The van der Waals surface area contributed by atoms with Crippen molar-refractivity contribution < 1.29 is 13.9 Å². The van der Waals surface area contributed by atoms with Gasteiger partial charge in [0.15, 0.2) is 5.75 Å². The molecule has 3 aliphatic heterocycles. The van der Waals surface area contributed by atoms with Crippen LogP contribution in [-0.2, 0) is 0 Å². The summed E-state index contributed by atoms with van der Waals surface area (Å²) < 4.78 is 18.5. The summed E-state index contributed by atoms with van der Waals surface area (Å²) in [5.74, 6) is 1.11. The number of anilines is 2. The third kappa shape index (κ3) is 2.36. The van der Waals surface area contributed by atoms with E-state index in [0.29, 0.717) is 18.9 Å². The summed E-state index contributed by atoms with van der Waals surface area (Å²) in [6, 6.07) is 4.95. The van der Waals surface area contributed by atoms with Crippen LogP contribution in [-0.4, -0.2) is 60.2 Å². The van der Waals surface area contributed by atoms with Crippen molar-refractivity contribution in [3.63, 3.8) is 0 Å². The molecule has 0 unspecified atom stereocenters. The Bertz CT molecular complexity index is 845. The second kappa shape index (κ2) is 5.55. The molecule has 0 radical (unpaired) electrons. The van der Waals surface area contributed by atoms with Gasteiger partial charge in [-0.1, -0.05) is 0 Å². The summed E-state index contributed by atoms with van der Waals surface area (Å²) in [6.07, 6.45) is 4.55. The Morgan fingerprint density at radius 2 is 2.00 bits per heavy atom. The van der Waals surface area contributed by atoms with Crippen LogP contribution in [0.5, 0.6) is 5.75 Å². The molecule has 2 fully saturated rings. The van der Waals surface area contributed by atoms with Crippen LogP contribution in [0.25, 0.3) is 0 Å². The minimum Gasteiger partial charge on any atom is -0.488 e. The number of nitrogens with zero attached hydrogens (tertiary/aromatic N) is 5. The van der Waals surface area contributed by atoms with Crippen molar-refractivity contribution >= 4 is 17.5 Å². The average Bonchev–Trinajstić information content (AvgIpc) is 2.60. The smallest absolute Gasteiger partial charge is 0.324 e. The maximum atomic E-state index is 13.0. The zero-order valence-corrected chi connectivity index (χ0v) is 14.1. The number of likely N-dealkylation sites (tertiary alicyclic amines) is 1. The number of pyridine rings is 2. The van der Waals surface area contributed by atoms with E-state index in [1.165, 1.54) is 12.3 Å². The van der Waals surface area contributed by atoms with Crippen LogP contribution in [0.3, 0.4) is 0 Å². The normalized spacial score (nSPS) is 20.1. The molecule has 5 rings (SSSR count). The van der Waals surface area contributed by atoms with Gasteiger partial charge in [0.05, 0.1) is 24.6 Å². The molecule has 0 N–H and O–H groups in total. The van der Waals surface area contributed by atoms with Crippen LogP contribution >= 0.6 is 0 Å². The van der Waals surface area contributed by atoms with Crippen molar-refractivity contribution in [3.8, 4) is 5.75 Å². The molecule has 1 spiro atoms. The van der Waals surface area contributed by atoms with Crippen LogP contribution in [0.15, 0.2) is 36.8 Å². The van der Waals surface area contributed by atoms with Gasteiger partial charge in [-0.25, -0.2) is 14.2 Å². The van der Waals surface area contributed by atoms with Crippen LogP contribution in [0.4, 0.5) is 20.7 Å². The standard InChI is InChI=1S/C18H18FN5O2/c19-13-1-2-16(21-7-13)22-9-18(10-22)11-23(12-18)17(25)24-5-6-26-15-8-20-4-3-14(15)24/h1-4,7-8H,5-6,9-12H2. The largest absolute Gasteiger partial charge is 0.488 e. The highest BCUT2D eigenvalue weighted by Gasteiger charge is 2.54. The zero-order chi connectivity index (χ0) is 17.7. The Kier molecular flexibility index (Phi) is 3.28. The highest BCUT2D eigenvalue weighted by molar-refractivity contribution is 5.94. The van der Waals surface area contributed by atoms with Gasteiger partial charge in [-0.05, 0) is 18.2 Å². The molecule has 2 saturated heterocycles. The third-order valence-electron chi connectivity index (χ3n) is 5.27. The van der Waals surface area contributed by atoms with Crippen LogP contribution in [0, 0.1) is 11.2 Å². The lowest BCUT2D eigenvalue weighted by atomic mass is 9.73.